The van der Waals surface area contributed by atoms with Crippen LogP contribution >= 0.6 is 0 Å². The molecule has 29 heavy (non-hydrogen) atoms. The Morgan fingerprint density at radius 3 is 1.97 bits per heavy atom. The van der Waals surface area contributed by atoms with E-state index in [-0.39, 0.29) is 13.2 Å². The number of unbranched alkanes of at least 4 members (excludes halogenated alkanes) is 12. The summed E-state index contributed by atoms with van der Waals surface area (Å²) in [6.45, 7) is 2.40. The summed E-state index contributed by atoms with van der Waals surface area (Å²) in [4.78, 5) is 0. The number of furan rings is 1. The van der Waals surface area contributed by atoms with Gasteiger partial charge in [0.25, 0.3) is 0 Å². The molecule has 4 heteroatoms. The zero-order chi connectivity index (χ0) is 21.0. The van der Waals surface area contributed by atoms with E-state index in [1.54, 1.807) is 12.1 Å². The number of ether oxygens (including phenoxy) is 1. The van der Waals surface area contributed by atoms with Gasteiger partial charge in [-0.15, -0.1) is 0 Å². The van der Waals surface area contributed by atoms with Crippen LogP contribution in [-0.2, 0) is 18.0 Å². The van der Waals surface area contributed by atoms with Gasteiger partial charge in [-0.25, -0.2) is 0 Å². The number of allylic oxidation sites excluding steroid dienone is 2. The van der Waals surface area contributed by atoms with Crippen LogP contribution in [0.4, 0.5) is 0 Å². The van der Waals surface area contributed by atoms with Crippen molar-refractivity contribution in [2.45, 2.75) is 123 Å². The molecular weight excluding hydrogens is 364 g/mol. The molecule has 0 saturated heterocycles. The van der Waals surface area contributed by atoms with Crippen LogP contribution in [0.25, 0.3) is 0 Å². The molecule has 1 heterocycles. The fourth-order valence-electron chi connectivity index (χ4n) is 3.41. The molecular formula is C25H44O4. The summed E-state index contributed by atoms with van der Waals surface area (Å²) >= 11 is 0. The molecule has 4 nitrogen and oxygen atoms in total. The van der Waals surface area contributed by atoms with Gasteiger partial charge < -0.3 is 19.4 Å². The minimum absolute atomic E-state index is 0.114. The molecule has 0 spiro atoms. The quantitative estimate of drug-likeness (QED) is 0.138. The smallest absolute Gasteiger partial charge is 0.155 e. The van der Waals surface area contributed by atoms with Crippen LogP contribution in [0.3, 0.4) is 0 Å². The minimum Gasteiger partial charge on any atom is -0.461 e. The van der Waals surface area contributed by atoms with Crippen LogP contribution in [0.15, 0.2) is 28.7 Å². The van der Waals surface area contributed by atoms with Gasteiger partial charge in [0.1, 0.15) is 24.7 Å². The number of aliphatic hydroxyl groups is 2. The first-order valence-corrected chi connectivity index (χ1v) is 11.9. The van der Waals surface area contributed by atoms with Gasteiger partial charge in [-0.3, -0.25) is 0 Å². The van der Waals surface area contributed by atoms with Crippen molar-refractivity contribution < 1.29 is 19.4 Å². The third-order valence-corrected chi connectivity index (χ3v) is 5.25. The number of aliphatic hydroxyl groups excluding tert-OH is 2. The highest BCUT2D eigenvalue weighted by molar-refractivity contribution is 5.05. The van der Waals surface area contributed by atoms with E-state index in [4.69, 9.17) is 14.3 Å². The van der Waals surface area contributed by atoms with Crippen LogP contribution in [-0.4, -0.2) is 16.5 Å². The van der Waals surface area contributed by atoms with E-state index >= 15 is 0 Å². The molecule has 1 rings (SSSR count). The van der Waals surface area contributed by atoms with E-state index in [9.17, 15) is 5.11 Å². The largest absolute Gasteiger partial charge is 0.461 e. The van der Waals surface area contributed by atoms with Crippen LogP contribution in [0.1, 0.15) is 115 Å². The van der Waals surface area contributed by atoms with Crippen molar-refractivity contribution >= 4 is 0 Å². The van der Waals surface area contributed by atoms with Gasteiger partial charge in [0, 0.05) is 0 Å². The van der Waals surface area contributed by atoms with E-state index in [2.05, 4.69) is 19.1 Å². The van der Waals surface area contributed by atoms with Crippen molar-refractivity contribution in [3.05, 3.63) is 35.8 Å². The average molecular weight is 409 g/mol. The van der Waals surface area contributed by atoms with Gasteiger partial charge in [-0.1, -0.05) is 76.9 Å². The molecule has 0 radical (unpaired) electrons. The molecule has 0 aliphatic heterocycles. The predicted octanol–water partition coefficient (Wildman–Crippen LogP) is 7.03. The minimum atomic E-state index is -0.743. The van der Waals surface area contributed by atoms with E-state index in [0.717, 1.165) is 12.8 Å². The Hall–Kier alpha value is -1.10. The maximum Gasteiger partial charge on any atom is 0.155 e. The van der Waals surface area contributed by atoms with Crippen molar-refractivity contribution in [2.75, 3.05) is 0 Å². The summed E-state index contributed by atoms with van der Waals surface area (Å²) in [5.41, 5.74) is 0. The lowest BCUT2D eigenvalue weighted by atomic mass is 10.1. The Morgan fingerprint density at radius 1 is 0.828 bits per heavy atom. The molecule has 0 aliphatic rings. The highest BCUT2D eigenvalue weighted by atomic mass is 16.6. The highest BCUT2D eigenvalue weighted by Gasteiger charge is 2.07. The lowest BCUT2D eigenvalue weighted by Gasteiger charge is -2.10. The molecule has 0 bridgehead atoms. The SMILES string of the molecule is CCCCCCCCC/C=C\CCCCCCCC(O)OCc1ccc(CO)o1. The Labute approximate surface area is 178 Å². The maximum absolute atomic E-state index is 9.87. The van der Waals surface area contributed by atoms with Crippen LogP contribution in [0.2, 0.25) is 0 Å². The van der Waals surface area contributed by atoms with Crippen molar-refractivity contribution in [2.24, 2.45) is 0 Å². The second kappa shape index (κ2) is 18.9. The van der Waals surface area contributed by atoms with Gasteiger partial charge in [0.2, 0.25) is 0 Å². The maximum atomic E-state index is 9.87. The number of hydrogen-bond acceptors (Lipinski definition) is 4. The fourth-order valence-corrected chi connectivity index (χ4v) is 3.41. The second-order valence-corrected chi connectivity index (χ2v) is 8.02. The second-order valence-electron chi connectivity index (χ2n) is 8.02. The van der Waals surface area contributed by atoms with Crippen molar-refractivity contribution in [1.82, 2.24) is 0 Å². The van der Waals surface area contributed by atoms with Gasteiger partial charge in [-0.2, -0.15) is 0 Å². The van der Waals surface area contributed by atoms with E-state index in [0.29, 0.717) is 17.9 Å². The summed E-state index contributed by atoms with van der Waals surface area (Å²) in [7, 11) is 0. The Bertz CT molecular complexity index is 495. The van der Waals surface area contributed by atoms with E-state index in [1.165, 1.54) is 77.0 Å². The number of hydrogen-bond donors (Lipinski definition) is 2. The van der Waals surface area contributed by atoms with Crippen LogP contribution < -0.4 is 0 Å². The first-order valence-electron chi connectivity index (χ1n) is 11.9. The Kier molecular flexibility index (Phi) is 16.9. The molecule has 0 amide bonds. The first-order chi connectivity index (χ1) is 14.3. The summed E-state index contributed by atoms with van der Waals surface area (Å²) in [5, 5.41) is 18.8. The standard InChI is InChI=1S/C25H44O4/c1-2-3-4-5-6-7-8-9-10-11-12-13-14-15-16-17-18-25(27)28-22-24-20-19-23(21-26)29-24/h10-11,19-20,25-27H,2-9,12-18,21-22H2,1H3/b11-10-. The summed E-state index contributed by atoms with van der Waals surface area (Å²) < 4.78 is 10.7. The highest BCUT2D eigenvalue weighted by Crippen LogP contribution is 2.13. The topological polar surface area (TPSA) is 62.8 Å². The fraction of sp³-hybridized carbons (Fsp3) is 0.760. The van der Waals surface area contributed by atoms with Crippen molar-refractivity contribution in [3.8, 4) is 0 Å². The summed E-state index contributed by atoms with van der Waals surface area (Å²) in [6.07, 6.45) is 22.6. The Morgan fingerprint density at radius 2 is 1.38 bits per heavy atom. The normalized spacial score (nSPS) is 12.8. The molecule has 0 aromatic carbocycles. The van der Waals surface area contributed by atoms with Crippen LogP contribution in [0, 0.1) is 0 Å². The zero-order valence-electron chi connectivity index (χ0n) is 18.6. The van der Waals surface area contributed by atoms with Gasteiger partial charge in [-0.05, 0) is 50.7 Å². The van der Waals surface area contributed by atoms with Gasteiger partial charge in [0.05, 0.1) is 0 Å². The van der Waals surface area contributed by atoms with Crippen molar-refractivity contribution in [1.29, 1.82) is 0 Å². The molecule has 1 unspecified atom stereocenters. The average Bonchev–Trinajstić information content (AvgIpc) is 3.20. The third kappa shape index (κ3) is 15.4. The van der Waals surface area contributed by atoms with E-state index in [1.807, 2.05) is 0 Å². The monoisotopic (exact) mass is 408 g/mol. The van der Waals surface area contributed by atoms with Gasteiger partial charge >= 0.3 is 0 Å². The lowest BCUT2D eigenvalue weighted by molar-refractivity contribution is -0.116. The van der Waals surface area contributed by atoms with E-state index < -0.39 is 6.29 Å². The molecule has 1 aromatic heterocycles. The molecule has 0 aliphatic carbocycles. The number of rotatable bonds is 20. The van der Waals surface area contributed by atoms with Crippen molar-refractivity contribution in [3.63, 3.8) is 0 Å². The molecule has 0 saturated carbocycles. The predicted molar refractivity (Wildman–Crippen MR) is 119 cm³/mol. The molecule has 2 N–H and O–H groups in total. The molecule has 1 atom stereocenters. The Balaban J connectivity index is 1.82. The molecule has 0 fully saturated rings. The zero-order valence-corrected chi connectivity index (χ0v) is 18.6. The molecule has 1 aromatic rings. The van der Waals surface area contributed by atoms with Crippen LogP contribution in [0.5, 0.6) is 0 Å². The summed E-state index contributed by atoms with van der Waals surface area (Å²) in [6, 6.07) is 3.48. The summed E-state index contributed by atoms with van der Waals surface area (Å²) in [5.74, 6) is 1.15. The van der Waals surface area contributed by atoms with Gasteiger partial charge in [0.15, 0.2) is 6.29 Å². The first kappa shape index (κ1) is 25.9. The lowest BCUT2D eigenvalue weighted by Crippen LogP contribution is -2.11. The molecule has 168 valence electrons. The third-order valence-electron chi connectivity index (χ3n) is 5.25.